The Morgan fingerprint density at radius 1 is 1.18 bits per heavy atom. The van der Waals surface area contributed by atoms with Gasteiger partial charge >= 0.3 is 0 Å². The largest absolute Gasteiger partial charge is 0.348 e. The van der Waals surface area contributed by atoms with E-state index in [1.807, 2.05) is 23.0 Å². The molecule has 1 saturated carbocycles. The monoisotopic (exact) mass is 296 g/mol. The van der Waals surface area contributed by atoms with Crippen LogP contribution in [0.15, 0.2) is 42.6 Å². The van der Waals surface area contributed by atoms with Gasteiger partial charge in [-0.05, 0) is 24.5 Å². The highest BCUT2D eigenvalue weighted by molar-refractivity contribution is 5.92. The number of benzene rings is 1. The summed E-state index contributed by atoms with van der Waals surface area (Å²) in [5.41, 5.74) is 1.87. The lowest BCUT2D eigenvalue weighted by molar-refractivity contribution is 0.0882. The summed E-state index contributed by atoms with van der Waals surface area (Å²) in [6, 6.07) is 13.1. The van der Waals surface area contributed by atoms with Gasteiger partial charge in [-0.2, -0.15) is 5.10 Å². The van der Waals surface area contributed by atoms with Gasteiger partial charge in [0.2, 0.25) is 0 Å². The van der Waals surface area contributed by atoms with Crippen molar-refractivity contribution in [2.75, 3.05) is 13.1 Å². The highest BCUT2D eigenvalue weighted by Crippen LogP contribution is 2.23. The first-order chi connectivity index (χ1) is 10.8. The third kappa shape index (κ3) is 2.90. The molecule has 1 aromatic heterocycles. The van der Waals surface area contributed by atoms with Gasteiger partial charge in [-0.1, -0.05) is 30.3 Å². The Bertz CT molecular complexity index is 656. The van der Waals surface area contributed by atoms with Crippen molar-refractivity contribution < 1.29 is 4.79 Å². The average Bonchev–Trinajstić information content (AvgIpc) is 3.17. The molecule has 1 aromatic carbocycles. The Morgan fingerprint density at radius 3 is 2.68 bits per heavy atom. The fourth-order valence-electron chi connectivity index (χ4n) is 2.83. The zero-order valence-electron chi connectivity index (χ0n) is 12.5. The van der Waals surface area contributed by atoms with E-state index < -0.39 is 0 Å². The molecule has 1 amide bonds. The quantitative estimate of drug-likeness (QED) is 0.916. The van der Waals surface area contributed by atoms with Crippen molar-refractivity contribution in [3.63, 3.8) is 0 Å². The first-order valence-corrected chi connectivity index (χ1v) is 7.90. The van der Waals surface area contributed by atoms with Gasteiger partial charge in [-0.25, -0.2) is 0 Å². The van der Waals surface area contributed by atoms with Crippen LogP contribution in [0.25, 0.3) is 0 Å². The van der Waals surface area contributed by atoms with E-state index in [2.05, 4.69) is 39.6 Å². The van der Waals surface area contributed by atoms with Gasteiger partial charge < -0.3 is 5.32 Å². The Hall–Kier alpha value is -2.14. The summed E-state index contributed by atoms with van der Waals surface area (Å²) in [4.78, 5) is 14.3. The number of nitrogens with one attached hydrogen (secondary N) is 1. The van der Waals surface area contributed by atoms with Crippen LogP contribution in [-0.2, 0) is 6.54 Å². The van der Waals surface area contributed by atoms with Crippen molar-refractivity contribution in [2.24, 2.45) is 0 Å². The van der Waals surface area contributed by atoms with Crippen LogP contribution in [0.1, 0.15) is 34.9 Å². The maximum Gasteiger partial charge on any atom is 0.271 e. The predicted octanol–water partition coefficient (Wildman–Crippen LogP) is 1.83. The van der Waals surface area contributed by atoms with E-state index in [0.29, 0.717) is 17.8 Å². The summed E-state index contributed by atoms with van der Waals surface area (Å²) in [6.45, 7) is 2.95. The van der Waals surface area contributed by atoms with Crippen molar-refractivity contribution in [3.05, 3.63) is 53.9 Å². The molecule has 0 bridgehead atoms. The minimum absolute atomic E-state index is 0.0401. The first-order valence-electron chi connectivity index (χ1n) is 7.90. The number of amides is 1. The maximum atomic E-state index is 11.9. The summed E-state index contributed by atoms with van der Waals surface area (Å²) < 4.78 is 1.93. The fourth-order valence-corrected chi connectivity index (χ4v) is 2.83. The molecule has 0 spiro atoms. The van der Waals surface area contributed by atoms with Crippen molar-refractivity contribution in [1.29, 1.82) is 0 Å². The SMILES string of the molecule is O=C(NC1CC1)c1ccn(C2CN(Cc3ccccc3)C2)n1. The van der Waals surface area contributed by atoms with E-state index >= 15 is 0 Å². The van der Waals surface area contributed by atoms with Crippen LogP contribution in [0.5, 0.6) is 0 Å². The summed E-state index contributed by atoms with van der Waals surface area (Å²) in [5.74, 6) is -0.0401. The van der Waals surface area contributed by atoms with Gasteiger partial charge in [0.05, 0.1) is 6.04 Å². The molecule has 1 saturated heterocycles. The van der Waals surface area contributed by atoms with Crippen molar-refractivity contribution in [3.8, 4) is 0 Å². The normalized spacial score (nSPS) is 18.9. The number of carbonyl (C=O) groups is 1. The van der Waals surface area contributed by atoms with Crippen LogP contribution < -0.4 is 5.32 Å². The van der Waals surface area contributed by atoms with E-state index in [-0.39, 0.29) is 5.91 Å². The molecule has 0 atom stereocenters. The Balaban J connectivity index is 1.31. The van der Waals surface area contributed by atoms with Crippen LogP contribution in [-0.4, -0.2) is 39.7 Å². The standard InChI is InChI=1S/C17H20N4O/c22-17(18-14-6-7-14)16-8-9-21(19-16)15-11-20(12-15)10-13-4-2-1-3-5-13/h1-5,8-9,14-15H,6-7,10-12H2,(H,18,22). The van der Waals surface area contributed by atoms with E-state index in [0.717, 1.165) is 32.5 Å². The highest BCUT2D eigenvalue weighted by atomic mass is 16.2. The van der Waals surface area contributed by atoms with Crippen molar-refractivity contribution in [2.45, 2.75) is 31.5 Å². The van der Waals surface area contributed by atoms with Crippen molar-refractivity contribution >= 4 is 5.91 Å². The van der Waals surface area contributed by atoms with Crippen LogP contribution in [0, 0.1) is 0 Å². The van der Waals surface area contributed by atoms with Gasteiger partial charge in [0.15, 0.2) is 0 Å². The van der Waals surface area contributed by atoms with Crippen LogP contribution in [0.4, 0.5) is 0 Å². The molecule has 4 rings (SSSR count). The molecule has 22 heavy (non-hydrogen) atoms. The van der Waals surface area contributed by atoms with Gasteiger partial charge in [0.25, 0.3) is 5.91 Å². The molecule has 1 N–H and O–H groups in total. The summed E-state index contributed by atoms with van der Waals surface area (Å²) in [5, 5.41) is 7.41. The van der Waals surface area contributed by atoms with Gasteiger partial charge in [0.1, 0.15) is 5.69 Å². The van der Waals surface area contributed by atoms with Crippen LogP contribution in [0.2, 0.25) is 0 Å². The lowest BCUT2D eigenvalue weighted by Crippen LogP contribution is -2.47. The molecule has 1 aliphatic heterocycles. The molecule has 0 unspecified atom stereocenters. The van der Waals surface area contributed by atoms with E-state index in [1.165, 1.54) is 5.56 Å². The number of likely N-dealkylation sites (tertiary alicyclic amines) is 1. The molecule has 1 aliphatic carbocycles. The molecule has 2 heterocycles. The molecule has 2 aliphatic rings. The Labute approximate surface area is 129 Å². The second-order valence-corrected chi connectivity index (χ2v) is 6.26. The topological polar surface area (TPSA) is 50.2 Å². The number of rotatable bonds is 5. The number of carbonyl (C=O) groups excluding carboxylic acids is 1. The number of hydrogen-bond acceptors (Lipinski definition) is 3. The molecule has 5 heteroatoms. The first kappa shape index (κ1) is 13.5. The third-order valence-corrected chi connectivity index (χ3v) is 4.31. The van der Waals surface area contributed by atoms with Crippen LogP contribution in [0.3, 0.4) is 0 Å². The number of nitrogens with zero attached hydrogens (tertiary/aromatic N) is 3. The lowest BCUT2D eigenvalue weighted by Gasteiger charge is -2.39. The maximum absolute atomic E-state index is 11.9. The average molecular weight is 296 g/mol. The van der Waals surface area contributed by atoms with Crippen molar-refractivity contribution in [1.82, 2.24) is 20.0 Å². The smallest absolute Gasteiger partial charge is 0.271 e. The van der Waals surface area contributed by atoms with E-state index in [9.17, 15) is 4.79 Å². The minimum atomic E-state index is -0.0401. The molecule has 114 valence electrons. The lowest BCUT2D eigenvalue weighted by atomic mass is 10.1. The molecular weight excluding hydrogens is 276 g/mol. The molecular formula is C17H20N4O. The minimum Gasteiger partial charge on any atom is -0.348 e. The predicted molar refractivity (Wildman–Crippen MR) is 83.5 cm³/mol. The molecule has 0 radical (unpaired) electrons. The number of aromatic nitrogens is 2. The van der Waals surface area contributed by atoms with Gasteiger partial charge in [-0.3, -0.25) is 14.4 Å². The Kier molecular flexibility index (Phi) is 3.42. The van der Waals surface area contributed by atoms with E-state index in [1.54, 1.807) is 0 Å². The third-order valence-electron chi connectivity index (χ3n) is 4.31. The van der Waals surface area contributed by atoms with Gasteiger partial charge in [0, 0.05) is 31.9 Å². The zero-order valence-corrected chi connectivity index (χ0v) is 12.5. The fraction of sp³-hybridized carbons (Fsp3) is 0.412. The summed E-state index contributed by atoms with van der Waals surface area (Å²) in [6.07, 6.45) is 4.12. The zero-order chi connectivity index (χ0) is 14.9. The second-order valence-electron chi connectivity index (χ2n) is 6.26. The highest BCUT2D eigenvalue weighted by Gasteiger charge is 2.30. The second kappa shape index (κ2) is 5.57. The van der Waals surface area contributed by atoms with Gasteiger partial charge in [-0.15, -0.1) is 0 Å². The molecule has 5 nitrogen and oxygen atoms in total. The summed E-state index contributed by atoms with van der Waals surface area (Å²) in [7, 11) is 0. The summed E-state index contributed by atoms with van der Waals surface area (Å²) >= 11 is 0. The number of hydrogen-bond donors (Lipinski definition) is 1. The van der Waals surface area contributed by atoms with E-state index in [4.69, 9.17) is 0 Å². The molecule has 2 aromatic rings. The Morgan fingerprint density at radius 2 is 1.95 bits per heavy atom. The molecule has 2 fully saturated rings. The van der Waals surface area contributed by atoms with Crippen LogP contribution >= 0.6 is 0 Å².